The van der Waals surface area contributed by atoms with Crippen LogP contribution in [0.1, 0.15) is 83.6 Å². The van der Waals surface area contributed by atoms with Gasteiger partial charge in [0, 0.05) is 49.0 Å². The van der Waals surface area contributed by atoms with E-state index in [1.807, 2.05) is 6.92 Å². The molecule has 11 heteroatoms. The van der Waals surface area contributed by atoms with Gasteiger partial charge >= 0.3 is 0 Å². The summed E-state index contributed by atoms with van der Waals surface area (Å²) >= 11 is 0. The predicted molar refractivity (Wildman–Crippen MR) is 151 cm³/mol. The van der Waals surface area contributed by atoms with Crippen molar-refractivity contribution in [2.75, 3.05) is 6.54 Å². The molecule has 3 saturated carbocycles. The largest absolute Gasteiger partial charge is 0.344 e. The molecule has 0 bridgehead atoms. The Morgan fingerprint density at radius 1 is 1.12 bits per heavy atom. The lowest BCUT2D eigenvalue weighted by molar-refractivity contribution is -0.207. The maximum atomic E-state index is 14.3. The van der Waals surface area contributed by atoms with Gasteiger partial charge in [-0.05, 0) is 76.3 Å². The molecular formula is C31H40F3N5O3. The third-order valence-electron chi connectivity index (χ3n) is 9.98. The number of piperidine rings is 1. The highest BCUT2D eigenvalue weighted by Crippen LogP contribution is 2.64. The molecule has 3 amide bonds. The van der Waals surface area contributed by atoms with E-state index in [9.17, 15) is 27.6 Å². The lowest BCUT2D eigenvalue weighted by Gasteiger charge is -2.56. The molecule has 3 N–H and O–H groups in total. The van der Waals surface area contributed by atoms with Gasteiger partial charge in [-0.1, -0.05) is 6.07 Å². The first kappa shape index (κ1) is 29.1. The maximum absolute atomic E-state index is 14.3. The van der Waals surface area contributed by atoms with Gasteiger partial charge in [0.25, 0.3) is 0 Å². The number of amides is 3. The number of aliphatic imine (C=N–C) groups is 1. The summed E-state index contributed by atoms with van der Waals surface area (Å²) in [5, 5.41) is 9.15. The molecule has 0 aromatic heterocycles. The van der Waals surface area contributed by atoms with Gasteiger partial charge in [-0.2, -0.15) is 0 Å². The Bertz CT molecular complexity index is 1300. The van der Waals surface area contributed by atoms with E-state index < -0.39 is 40.9 Å². The molecule has 228 valence electrons. The van der Waals surface area contributed by atoms with Crippen LogP contribution in [0.25, 0.3) is 0 Å². The number of nitrogens with one attached hydrogen (secondary N) is 3. The zero-order valence-corrected chi connectivity index (χ0v) is 24.3. The molecule has 1 saturated heterocycles. The summed E-state index contributed by atoms with van der Waals surface area (Å²) in [4.78, 5) is 46.4. The lowest BCUT2D eigenvalue weighted by atomic mass is 9.50. The van der Waals surface area contributed by atoms with Crippen molar-refractivity contribution >= 4 is 29.1 Å². The molecule has 8 nitrogen and oxygen atoms in total. The number of carbonyl (C=O) groups excluding carboxylic acids is 3. The lowest BCUT2D eigenvalue weighted by Crippen LogP contribution is -2.60. The Morgan fingerprint density at radius 3 is 2.50 bits per heavy atom. The van der Waals surface area contributed by atoms with Crippen LogP contribution in [0.15, 0.2) is 23.2 Å². The standard InChI is InChI=1S/C31H40F3N5O3/c1-18-6-3-4-11-39(18)26(40)13-24(37-27(41)20-14-29(15-20)16-31(33,34)17-29)28(42)35-19(2)38-30(9-10-30)25-12-21-22(32)7-5-8-23(21)36-25/h5,7-8,18-20,24,38H,3-4,6,9-17H2,1-2H3,(H,35,42)(H,37,41)/t18-,19-,24-/m1/s1. The second kappa shape index (κ2) is 10.6. The number of hydrogen-bond donors (Lipinski definition) is 3. The van der Waals surface area contributed by atoms with E-state index in [2.05, 4.69) is 20.9 Å². The number of alkyl halides is 2. The topological polar surface area (TPSA) is 103 Å². The van der Waals surface area contributed by atoms with E-state index in [0.29, 0.717) is 37.1 Å². The fourth-order valence-electron chi connectivity index (χ4n) is 7.63. The first-order valence-corrected chi connectivity index (χ1v) is 15.3. The number of likely N-dealkylation sites (tertiary alicyclic amines) is 1. The first-order chi connectivity index (χ1) is 19.9. The average Bonchev–Trinajstić information content (AvgIpc) is 3.52. The Morgan fingerprint density at radius 2 is 1.86 bits per heavy atom. The monoisotopic (exact) mass is 587 g/mol. The molecule has 0 radical (unpaired) electrons. The van der Waals surface area contributed by atoms with Crippen LogP contribution in [0.3, 0.4) is 0 Å². The fraction of sp³-hybridized carbons (Fsp3) is 0.677. The van der Waals surface area contributed by atoms with Gasteiger partial charge in [0.05, 0.1) is 23.8 Å². The zero-order valence-electron chi connectivity index (χ0n) is 24.3. The van der Waals surface area contributed by atoms with Crippen LogP contribution in [0.4, 0.5) is 18.9 Å². The Labute approximate surface area is 244 Å². The summed E-state index contributed by atoms with van der Waals surface area (Å²) < 4.78 is 41.2. The van der Waals surface area contributed by atoms with Crippen LogP contribution in [-0.2, 0) is 20.8 Å². The maximum Gasteiger partial charge on any atom is 0.249 e. The van der Waals surface area contributed by atoms with Crippen LogP contribution in [0.2, 0.25) is 0 Å². The molecule has 1 aromatic carbocycles. The molecule has 4 fully saturated rings. The van der Waals surface area contributed by atoms with Crippen molar-refractivity contribution in [3.8, 4) is 0 Å². The van der Waals surface area contributed by atoms with E-state index >= 15 is 0 Å². The second-order valence-corrected chi connectivity index (χ2v) is 13.4. The van der Waals surface area contributed by atoms with E-state index in [1.165, 1.54) is 6.07 Å². The van der Waals surface area contributed by atoms with Crippen LogP contribution < -0.4 is 16.0 Å². The van der Waals surface area contributed by atoms with Crippen molar-refractivity contribution in [3.63, 3.8) is 0 Å². The number of halogens is 3. The van der Waals surface area contributed by atoms with Crippen LogP contribution in [0, 0.1) is 17.2 Å². The summed E-state index contributed by atoms with van der Waals surface area (Å²) in [5.41, 5.74) is 1.13. The number of hydrogen-bond acceptors (Lipinski definition) is 5. The van der Waals surface area contributed by atoms with Crippen molar-refractivity contribution in [2.24, 2.45) is 16.3 Å². The molecule has 0 unspecified atom stereocenters. The number of rotatable bonds is 9. The Hall–Kier alpha value is -2.95. The van der Waals surface area contributed by atoms with Gasteiger partial charge < -0.3 is 15.5 Å². The van der Waals surface area contributed by atoms with E-state index in [0.717, 1.165) is 37.8 Å². The molecule has 2 heterocycles. The fourth-order valence-corrected chi connectivity index (χ4v) is 7.63. The second-order valence-electron chi connectivity index (χ2n) is 13.4. The Kier molecular flexibility index (Phi) is 7.38. The minimum Gasteiger partial charge on any atom is -0.344 e. The summed E-state index contributed by atoms with van der Waals surface area (Å²) in [7, 11) is 0. The molecule has 42 heavy (non-hydrogen) atoms. The SMILES string of the molecule is C[C@H](NC(=O)[C@@H](CC(=O)N1CCCC[C@H]1C)NC(=O)C1CC2(C1)CC(F)(F)C2)NC1(C2=Nc3cccc(F)c3C2)CC1. The normalized spacial score (nSPS) is 26.3. The molecule has 2 aliphatic heterocycles. The summed E-state index contributed by atoms with van der Waals surface area (Å²) in [6.45, 7) is 4.40. The van der Waals surface area contributed by atoms with E-state index in [-0.39, 0.29) is 42.9 Å². The van der Waals surface area contributed by atoms with Crippen molar-refractivity contribution in [1.82, 2.24) is 20.9 Å². The van der Waals surface area contributed by atoms with Crippen molar-refractivity contribution in [3.05, 3.63) is 29.6 Å². The number of carbonyl (C=O) groups is 3. The molecule has 6 rings (SSSR count). The van der Waals surface area contributed by atoms with Crippen molar-refractivity contribution < 1.29 is 27.6 Å². The summed E-state index contributed by atoms with van der Waals surface area (Å²) in [5.74, 6) is -4.40. The Balaban J connectivity index is 1.09. The van der Waals surface area contributed by atoms with Gasteiger partial charge in [-0.15, -0.1) is 0 Å². The van der Waals surface area contributed by atoms with Gasteiger partial charge in [0.1, 0.15) is 11.9 Å². The van der Waals surface area contributed by atoms with Gasteiger partial charge in [-0.3, -0.25) is 24.7 Å². The van der Waals surface area contributed by atoms with E-state index in [1.54, 1.807) is 24.0 Å². The molecule has 5 aliphatic rings. The minimum absolute atomic E-state index is 0.0638. The molecular weight excluding hydrogens is 547 g/mol. The molecule has 1 spiro atoms. The predicted octanol–water partition coefficient (Wildman–Crippen LogP) is 4.14. The smallest absolute Gasteiger partial charge is 0.249 e. The number of nitrogens with zero attached hydrogens (tertiary/aromatic N) is 2. The molecule has 1 aromatic rings. The van der Waals surface area contributed by atoms with Crippen LogP contribution in [-0.4, -0.2) is 64.6 Å². The number of benzene rings is 1. The van der Waals surface area contributed by atoms with Gasteiger partial charge in [0.2, 0.25) is 23.6 Å². The summed E-state index contributed by atoms with van der Waals surface area (Å²) in [6.07, 6.45) is 4.55. The highest BCUT2D eigenvalue weighted by atomic mass is 19.3. The third-order valence-corrected chi connectivity index (χ3v) is 9.98. The average molecular weight is 588 g/mol. The quantitative estimate of drug-likeness (QED) is 0.378. The molecule has 3 atom stereocenters. The summed E-state index contributed by atoms with van der Waals surface area (Å²) in [6, 6.07) is 3.84. The zero-order chi connectivity index (χ0) is 29.9. The van der Waals surface area contributed by atoms with Crippen LogP contribution in [0.5, 0.6) is 0 Å². The number of fused-ring (bicyclic) bond motifs is 1. The van der Waals surface area contributed by atoms with E-state index in [4.69, 9.17) is 0 Å². The molecule has 3 aliphatic carbocycles. The van der Waals surface area contributed by atoms with Gasteiger partial charge in [-0.25, -0.2) is 13.2 Å². The minimum atomic E-state index is -2.65. The first-order valence-electron chi connectivity index (χ1n) is 15.3. The highest BCUT2D eigenvalue weighted by Gasteiger charge is 2.63. The van der Waals surface area contributed by atoms with Crippen molar-refractivity contribution in [2.45, 2.75) is 114 Å². The highest BCUT2D eigenvalue weighted by molar-refractivity contribution is 6.03. The van der Waals surface area contributed by atoms with Crippen molar-refractivity contribution in [1.29, 1.82) is 0 Å². The van der Waals surface area contributed by atoms with Gasteiger partial charge in [0.15, 0.2) is 0 Å². The third kappa shape index (κ3) is 5.68. The van der Waals surface area contributed by atoms with Crippen LogP contribution >= 0.6 is 0 Å².